The van der Waals surface area contributed by atoms with Crippen molar-refractivity contribution in [1.82, 2.24) is 29.5 Å². The first-order valence-electron chi connectivity index (χ1n) is 10.0. The SMILES string of the molecule is Cc1cn2cnc(-c3cccc(CN4CCN(c5cc(C)[nH]n5)CC4)c3)cc2n1. The van der Waals surface area contributed by atoms with E-state index in [0.29, 0.717) is 0 Å². The van der Waals surface area contributed by atoms with Gasteiger partial charge in [-0.2, -0.15) is 5.10 Å². The van der Waals surface area contributed by atoms with Gasteiger partial charge in [-0.05, 0) is 25.5 Å². The third kappa shape index (κ3) is 3.73. The first kappa shape index (κ1) is 17.9. The Morgan fingerprint density at radius 1 is 1.03 bits per heavy atom. The Morgan fingerprint density at radius 2 is 1.90 bits per heavy atom. The number of fused-ring (bicyclic) bond motifs is 1. The minimum Gasteiger partial charge on any atom is -0.353 e. The number of hydrogen-bond acceptors (Lipinski definition) is 5. The van der Waals surface area contributed by atoms with Crippen LogP contribution < -0.4 is 4.90 Å². The van der Waals surface area contributed by atoms with Crippen molar-refractivity contribution in [2.45, 2.75) is 20.4 Å². The van der Waals surface area contributed by atoms with Crippen molar-refractivity contribution in [2.24, 2.45) is 0 Å². The molecule has 0 atom stereocenters. The highest BCUT2D eigenvalue weighted by Gasteiger charge is 2.19. The molecule has 0 saturated carbocycles. The van der Waals surface area contributed by atoms with Gasteiger partial charge in [0, 0.05) is 62.3 Å². The quantitative estimate of drug-likeness (QED) is 0.583. The van der Waals surface area contributed by atoms with Gasteiger partial charge in [0.2, 0.25) is 0 Å². The Labute approximate surface area is 170 Å². The monoisotopic (exact) mass is 387 g/mol. The number of piperazine rings is 1. The van der Waals surface area contributed by atoms with E-state index in [1.165, 1.54) is 5.56 Å². The summed E-state index contributed by atoms with van der Waals surface area (Å²) in [6.45, 7) is 9.07. The van der Waals surface area contributed by atoms with Gasteiger partial charge in [0.25, 0.3) is 0 Å². The standard InChI is InChI=1S/C22H25N7/c1-16-10-22(26-25-16)28-8-6-27(7-9-28)14-18-4-3-5-19(11-18)20-12-21-24-17(2)13-29(21)15-23-20/h3-5,10-13,15H,6-9,14H2,1-2H3,(H,25,26). The van der Waals surface area contributed by atoms with Crippen LogP contribution in [0.3, 0.4) is 0 Å². The van der Waals surface area contributed by atoms with E-state index in [1.54, 1.807) is 0 Å². The van der Waals surface area contributed by atoms with Crippen LogP contribution in [-0.4, -0.2) is 55.6 Å². The van der Waals surface area contributed by atoms with Crippen LogP contribution in [0.2, 0.25) is 0 Å². The molecule has 0 radical (unpaired) electrons. The molecule has 3 aromatic heterocycles. The van der Waals surface area contributed by atoms with Crippen molar-refractivity contribution in [1.29, 1.82) is 0 Å². The van der Waals surface area contributed by atoms with E-state index in [4.69, 9.17) is 0 Å². The summed E-state index contributed by atoms with van der Waals surface area (Å²) in [6, 6.07) is 12.9. The number of aromatic nitrogens is 5. The zero-order chi connectivity index (χ0) is 19.8. The van der Waals surface area contributed by atoms with Crippen LogP contribution in [0.15, 0.2) is 48.9 Å². The van der Waals surface area contributed by atoms with Crippen LogP contribution >= 0.6 is 0 Å². The predicted molar refractivity (Wildman–Crippen MR) is 114 cm³/mol. The number of nitrogens with one attached hydrogen (secondary N) is 1. The van der Waals surface area contributed by atoms with E-state index in [-0.39, 0.29) is 0 Å². The molecule has 4 aromatic rings. The fourth-order valence-corrected chi connectivity index (χ4v) is 3.96. The Kier molecular flexibility index (Phi) is 4.52. The van der Waals surface area contributed by atoms with Crippen molar-refractivity contribution in [3.05, 3.63) is 65.9 Å². The molecule has 4 heterocycles. The van der Waals surface area contributed by atoms with Gasteiger partial charge < -0.3 is 4.90 Å². The second-order valence-electron chi connectivity index (χ2n) is 7.79. The summed E-state index contributed by atoms with van der Waals surface area (Å²) in [6.07, 6.45) is 3.83. The first-order chi connectivity index (χ1) is 14.1. The maximum Gasteiger partial charge on any atom is 0.150 e. The van der Waals surface area contributed by atoms with E-state index in [0.717, 1.165) is 66.8 Å². The highest BCUT2D eigenvalue weighted by atomic mass is 15.3. The zero-order valence-corrected chi connectivity index (χ0v) is 16.8. The molecule has 1 aliphatic rings. The molecule has 0 amide bonds. The fourth-order valence-electron chi connectivity index (χ4n) is 3.96. The van der Waals surface area contributed by atoms with Gasteiger partial charge in [-0.1, -0.05) is 18.2 Å². The number of aromatic amines is 1. The Balaban J connectivity index is 1.27. The van der Waals surface area contributed by atoms with Crippen molar-refractivity contribution in [3.63, 3.8) is 0 Å². The number of anilines is 1. The van der Waals surface area contributed by atoms with Crippen LogP contribution in [0, 0.1) is 13.8 Å². The third-order valence-electron chi connectivity index (χ3n) is 5.49. The molecule has 0 bridgehead atoms. The molecule has 5 rings (SSSR count). The molecular weight excluding hydrogens is 362 g/mol. The molecule has 7 nitrogen and oxygen atoms in total. The summed E-state index contributed by atoms with van der Waals surface area (Å²) in [7, 11) is 0. The molecule has 1 N–H and O–H groups in total. The topological polar surface area (TPSA) is 65.3 Å². The summed E-state index contributed by atoms with van der Waals surface area (Å²) in [5.74, 6) is 1.06. The van der Waals surface area contributed by atoms with Crippen molar-refractivity contribution >= 4 is 11.5 Å². The van der Waals surface area contributed by atoms with E-state index < -0.39 is 0 Å². The Bertz CT molecular complexity index is 1130. The lowest BCUT2D eigenvalue weighted by atomic mass is 10.1. The van der Waals surface area contributed by atoms with Crippen molar-refractivity contribution in [3.8, 4) is 11.3 Å². The first-order valence-corrected chi connectivity index (χ1v) is 10.0. The summed E-state index contributed by atoms with van der Waals surface area (Å²) < 4.78 is 1.96. The molecule has 0 unspecified atom stereocenters. The van der Waals surface area contributed by atoms with E-state index in [2.05, 4.69) is 66.4 Å². The predicted octanol–water partition coefficient (Wildman–Crippen LogP) is 3.06. The number of rotatable bonds is 4. The number of nitrogens with zero attached hydrogens (tertiary/aromatic N) is 6. The molecule has 7 heteroatoms. The molecular formula is C22H25N7. The molecule has 0 spiro atoms. The zero-order valence-electron chi connectivity index (χ0n) is 16.8. The molecule has 0 aliphatic carbocycles. The van der Waals surface area contributed by atoms with Gasteiger partial charge in [-0.25, -0.2) is 9.97 Å². The van der Waals surface area contributed by atoms with Gasteiger partial charge in [0.05, 0.1) is 11.4 Å². The van der Waals surface area contributed by atoms with Crippen LogP contribution in [0.25, 0.3) is 16.9 Å². The molecule has 148 valence electrons. The second-order valence-corrected chi connectivity index (χ2v) is 7.79. The molecule has 1 fully saturated rings. The number of imidazole rings is 1. The molecule has 1 saturated heterocycles. The van der Waals surface area contributed by atoms with Crippen LogP contribution in [0.5, 0.6) is 0 Å². The Hall–Kier alpha value is -3.19. The van der Waals surface area contributed by atoms with E-state index >= 15 is 0 Å². The lowest BCUT2D eigenvalue weighted by Gasteiger charge is -2.34. The lowest BCUT2D eigenvalue weighted by molar-refractivity contribution is 0.249. The maximum absolute atomic E-state index is 4.62. The number of aryl methyl sites for hydroxylation is 2. The maximum atomic E-state index is 4.62. The number of hydrogen-bond donors (Lipinski definition) is 1. The minimum absolute atomic E-state index is 0.933. The van der Waals surface area contributed by atoms with E-state index in [1.807, 2.05) is 30.8 Å². The highest BCUT2D eigenvalue weighted by molar-refractivity contribution is 5.64. The van der Waals surface area contributed by atoms with Gasteiger partial charge in [0.15, 0.2) is 5.82 Å². The largest absolute Gasteiger partial charge is 0.353 e. The number of H-pyrrole nitrogens is 1. The average Bonchev–Trinajstić information content (AvgIpc) is 3.32. The smallest absolute Gasteiger partial charge is 0.150 e. The van der Waals surface area contributed by atoms with Crippen LogP contribution in [0.4, 0.5) is 5.82 Å². The van der Waals surface area contributed by atoms with E-state index in [9.17, 15) is 0 Å². The normalized spacial score (nSPS) is 15.3. The molecule has 29 heavy (non-hydrogen) atoms. The van der Waals surface area contributed by atoms with Crippen molar-refractivity contribution < 1.29 is 0 Å². The third-order valence-corrected chi connectivity index (χ3v) is 5.49. The van der Waals surface area contributed by atoms with Gasteiger partial charge in [0.1, 0.15) is 12.0 Å². The fraction of sp³-hybridized carbons (Fsp3) is 0.318. The molecule has 1 aliphatic heterocycles. The van der Waals surface area contributed by atoms with Gasteiger partial charge in [-0.3, -0.25) is 14.4 Å². The molecule has 1 aromatic carbocycles. The summed E-state index contributed by atoms with van der Waals surface area (Å²) in [5, 5.41) is 7.42. The van der Waals surface area contributed by atoms with Gasteiger partial charge >= 0.3 is 0 Å². The van der Waals surface area contributed by atoms with Crippen molar-refractivity contribution in [2.75, 3.05) is 31.1 Å². The van der Waals surface area contributed by atoms with Gasteiger partial charge in [-0.15, -0.1) is 0 Å². The second kappa shape index (κ2) is 7.33. The number of benzene rings is 1. The Morgan fingerprint density at radius 3 is 2.69 bits per heavy atom. The lowest BCUT2D eigenvalue weighted by Crippen LogP contribution is -2.46. The summed E-state index contributed by atoms with van der Waals surface area (Å²) in [4.78, 5) is 14.0. The minimum atomic E-state index is 0.933. The summed E-state index contributed by atoms with van der Waals surface area (Å²) in [5.41, 5.74) is 6.45. The summed E-state index contributed by atoms with van der Waals surface area (Å²) >= 11 is 0. The average molecular weight is 387 g/mol. The highest BCUT2D eigenvalue weighted by Crippen LogP contribution is 2.21. The van der Waals surface area contributed by atoms with Crippen LogP contribution in [-0.2, 0) is 6.54 Å². The van der Waals surface area contributed by atoms with Crippen LogP contribution in [0.1, 0.15) is 17.0 Å².